The SMILES string of the molecule is CC(=O)OCC(=O)[C@@]1(O)[C@H](C)CC2C3CC[C@H]4CC(O)CC[C@]4(C)C3CC[C@@]21C. The van der Waals surface area contributed by atoms with Crippen LogP contribution in [0.15, 0.2) is 0 Å². The van der Waals surface area contributed by atoms with Crippen LogP contribution in [-0.2, 0) is 14.3 Å². The fourth-order valence-corrected chi connectivity index (χ4v) is 8.45. The van der Waals surface area contributed by atoms with E-state index in [1.54, 1.807) is 0 Å². The highest BCUT2D eigenvalue weighted by molar-refractivity contribution is 5.91. The monoisotopic (exact) mass is 406 g/mol. The molecule has 5 nitrogen and oxygen atoms in total. The van der Waals surface area contributed by atoms with E-state index in [-0.39, 0.29) is 29.8 Å². The number of fused-ring (bicyclic) bond motifs is 5. The van der Waals surface area contributed by atoms with Crippen molar-refractivity contribution in [2.45, 2.75) is 90.8 Å². The maximum absolute atomic E-state index is 13.1. The summed E-state index contributed by atoms with van der Waals surface area (Å²) in [7, 11) is 0. The van der Waals surface area contributed by atoms with E-state index >= 15 is 0 Å². The average Bonchev–Trinajstić information content (AvgIpc) is 2.88. The van der Waals surface area contributed by atoms with Crippen molar-refractivity contribution in [1.29, 1.82) is 0 Å². The highest BCUT2D eigenvalue weighted by Gasteiger charge is 2.69. The van der Waals surface area contributed by atoms with Crippen molar-refractivity contribution in [3.05, 3.63) is 0 Å². The zero-order chi connectivity index (χ0) is 21.2. The lowest BCUT2D eigenvalue weighted by atomic mass is 9.44. The van der Waals surface area contributed by atoms with Crippen LogP contribution >= 0.6 is 0 Å². The second-order valence-corrected chi connectivity index (χ2v) is 11.1. The Kier molecular flexibility index (Phi) is 5.18. The smallest absolute Gasteiger partial charge is 0.303 e. The normalized spacial score (nSPS) is 51.5. The molecule has 29 heavy (non-hydrogen) atoms. The van der Waals surface area contributed by atoms with Crippen molar-refractivity contribution in [3.63, 3.8) is 0 Å². The van der Waals surface area contributed by atoms with E-state index in [0.29, 0.717) is 23.7 Å². The number of carbonyl (C=O) groups is 2. The van der Waals surface area contributed by atoms with Crippen LogP contribution in [0.2, 0.25) is 0 Å². The third kappa shape index (κ3) is 2.94. The van der Waals surface area contributed by atoms with Crippen molar-refractivity contribution in [1.82, 2.24) is 0 Å². The summed E-state index contributed by atoms with van der Waals surface area (Å²) in [6.07, 6.45) is 7.82. The Morgan fingerprint density at radius 3 is 2.45 bits per heavy atom. The van der Waals surface area contributed by atoms with Gasteiger partial charge in [-0.15, -0.1) is 0 Å². The van der Waals surface area contributed by atoms with Gasteiger partial charge in [0.15, 0.2) is 6.61 Å². The fraction of sp³-hybridized carbons (Fsp3) is 0.917. The highest BCUT2D eigenvalue weighted by atomic mass is 16.5. The molecule has 0 aliphatic heterocycles. The minimum absolute atomic E-state index is 0.127. The number of hydrogen-bond donors (Lipinski definition) is 2. The lowest BCUT2D eigenvalue weighted by molar-refractivity contribution is -0.181. The minimum atomic E-state index is -1.42. The van der Waals surface area contributed by atoms with Crippen LogP contribution in [0.1, 0.15) is 79.1 Å². The molecular weight excluding hydrogens is 368 g/mol. The quantitative estimate of drug-likeness (QED) is 0.701. The molecule has 0 aromatic rings. The van der Waals surface area contributed by atoms with E-state index < -0.39 is 17.0 Å². The van der Waals surface area contributed by atoms with Gasteiger partial charge in [-0.2, -0.15) is 0 Å². The van der Waals surface area contributed by atoms with Gasteiger partial charge in [-0.05, 0) is 86.4 Å². The van der Waals surface area contributed by atoms with E-state index in [0.717, 1.165) is 51.4 Å². The number of hydrogen-bond acceptors (Lipinski definition) is 5. The third-order valence-corrected chi connectivity index (χ3v) is 10.1. The first kappa shape index (κ1) is 21.3. The predicted octanol–water partition coefficient (Wildman–Crippen LogP) is 3.50. The van der Waals surface area contributed by atoms with Gasteiger partial charge < -0.3 is 14.9 Å². The zero-order valence-electron chi connectivity index (χ0n) is 18.4. The van der Waals surface area contributed by atoms with Crippen LogP contribution in [0.5, 0.6) is 0 Å². The lowest BCUT2D eigenvalue weighted by Crippen LogP contribution is -2.60. The van der Waals surface area contributed by atoms with E-state index in [1.807, 2.05) is 6.92 Å². The molecule has 0 bridgehead atoms. The van der Waals surface area contributed by atoms with Gasteiger partial charge in [-0.3, -0.25) is 9.59 Å². The number of ketones is 1. The largest absolute Gasteiger partial charge is 0.458 e. The van der Waals surface area contributed by atoms with Gasteiger partial charge in [0.2, 0.25) is 5.78 Å². The van der Waals surface area contributed by atoms with Gasteiger partial charge in [-0.1, -0.05) is 20.8 Å². The number of esters is 1. The Balaban J connectivity index is 1.61. The van der Waals surface area contributed by atoms with Crippen LogP contribution in [0.25, 0.3) is 0 Å². The molecule has 4 aliphatic rings. The Hall–Kier alpha value is -0.940. The number of aliphatic hydroxyl groups excluding tert-OH is 1. The number of rotatable bonds is 3. The first-order valence-corrected chi connectivity index (χ1v) is 11.6. The molecule has 4 saturated carbocycles. The minimum Gasteiger partial charge on any atom is -0.458 e. The molecule has 0 amide bonds. The lowest BCUT2D eigenvalue weighted by Gasteiger charge is -2.61. The Morgan fingerprint density at radius 1 is 1.03 bits per heavy atom. The first-order chi connectivity index (χ1) is 13.5. The van der Waals surface area contributed by atoms with Crippen molar-refractivity contribution in [3.8, 4) is 0 Å². The zero-order valence-corrected chi connectivity index (χ0v) is 18.4. The van der Waals surface area contributed by atoms with E-state index in [2.05, 4.69) is 13.8 Å². The van der Waals surface area contributed by atoms with Crippen molar-refractivity contribution in [2.75, 3.05) is 6.61 Å². The molecule has 0 aromatic heterocycles. The van der Waals surface area contributed by atoms with E-state index in [1.165, 1.54) is 6.92 Å². The maximum atomic E-state index is 13.1. The molecule has 0 saturated heterocycles. The molecule has 4 aliphatic carbocycles. The molecule has 0 spiro atoms. The summed E-state index contributed by atoms with van der Waals surface area (Å²) in [6.45, 7) is 7.52. The van der Waals surface area contributed by atoms with Gasteiger partial charge in [-0.25, -0.2) is 0 Å². The predicted molar refractivity (Wildman–Crippen MR) is 109 cm³/mol. The molecule has 4 unspecified atom stereocenters. The second-order valence-electron chi connectivity index (χ2n) is 11.1. The Bertz CT molecular complexity index is 691. The van der Waals surface area contributed by atoms with Crippen LogP contribution in [-0.4, -0.2) is 40.3 Å². The van der Waals surface area contributed by atoms with Gasteiger partial charge in [0.1, 0.15) is 5.60 Å². The fourth-order valence-electron chi connectivity index (χ4n) is 8.45. The van der Waals surface area contributed by atoms with E-state index in [4.69, 9.17) is 4.74 Å². The molecule has 4 rings (SSSR count). The molecule has 4 fully saturated rings. The summed E-state index contributed by atoms with van der Waals surface area (Å²) in [5.74, 6) is 1.13. The standard InChI is InChI=1S/C24H38O5/c1-14-11-20-18-6-5-16-12-17(26)7-9-22(16,3)19(18)8-10-23(20,4)24(14,28)21(27)13-29-15(2)25/h14,16-20,26,28H,5-13H2,1-4H3/t14-,16+,17?,18?,19?,20?,22+,23+,24+/m1/s1. The van der Waals surface area contributed by atoms with Gasteiger partial charge >= 0.3 is 5.97 Å². The summed E-state index contributed by atoms with van der Waals surface area (Å²) < 4.78 is 4.99. The van der Waals surface area contributed by atoms with Crippen molar-refractivity contribution >= 4 is 11.8 Å². The number of carbonyl (C=O) groups excluding carboxylic acids is 2. The molecular formula is C24H38O5. The van der Waals surface area contributed by atoms with Crippen LogP contribution in [0.4, 0.5) is 0 Å². The first-order valence-electron chi connectivity index (χ1n) is 11.6. The van der Waals surface area contributed by atoms with E-state index in [9.17, 15) is 19.8 Å². The average molecular weight is 407 g/mol. The van der Waals surface area contributed by atoms with Gasteiger partial charge in [0.25, 0.3) is 0 Å². The second kappa shape index (κ2) is 7.05. The summed E-state index contributed by atoms with van der Waals surface area (Å²) in [6, 6.07) is 0. The third-order valence-electron chi connectivity index (χ3n) is 10.1. The summed E-state index contributed by atoms with van der Waals surface area (Å²) in [5.41, 5.74) is -1.60. The summed E-state index contributed by atoms with van der Waals surface area (Å²) >= 11 is 0. The van der Waals surface area contributed by atoms with Gasteiger partial charge in [0, 0.05) is 12.3 Å². The molecule has 0 radical (unpaired) electrons. The maximum Gasteiger partial charge on any atom is 0.303 e. The van der Waals surface area contributed by atoms with Gasteiger partial charge in [0.05, 0.1) is 6.10 Å². The molecule has 9 atom stereocenters. The summed E-state index contributed by atoms with van der Waals surface area (Å²) in [5, 5.41) is 21.9. The van der Waals surface area contributed by atoms with Crippen LogP contribution < -0.4 is 0 Å². The topological polar surface area (TPSA) is 83.8 Å². The highest BCUT2D eigenvalue weighted by Crippen LogP contribution is 2.69. The van der Waals surface area contributed by atoms with Crippen molar-refractivity contribution < 1.29 is 24.5 Å². The number of aliphatic hydroxyl groups is 2. The molecule has 5 heteroatoms. The number of ether oxygens (including phenoxy) is 1. The number of Topliss-reactive ketones (excluding diaryl/α,β-unsaturated/α-hetero) is 1. The Labute approximate surface area is 174 Å². The Morgan fingerprint density at radius 2 is 1.76 bits per heavy atom. The molecule has 0 aromatic carbocycles. The molecule has 0 heterocycles. The summed E-state index contributed by atoms with van der Waals surface area (Å²) in [4.78, 5) is 24.3. The van der Waals surface area contributed by atoms with Crippen molar-refractivity contribution in [2.24, 2.45) is 40.4 Å². The van der Waals surface area contributed by atoms with Crippen LogP contribution in [0.3, 0.4) is 0 Å². The molecule has 164 valence electrons. The van der Waals surface area contributed by atoms with Crippen LogP contribution in [0, 0.1) is 40.4 Å². The molecule has 2 N–H and O–H groups in total.